The molecular weight excluding hydrogens is 422 g/mol. The quantitative estimate of drug-likeness (QED) is 0.415. The number of ether oxygens (including phenoxy) is 1. The third kappa shape index (κ3) is 5.38. The maximum Gasteiger partial charge on any atom is 0.269 e. The highest BCUT2D eigenvalue weighted by molar-refractivity contribution is 5.93. The number of likely N-dealkylation sites (tertiary alicyclic amines) is 1. The molecule has 2 aromatic carbocycles. The summed E-state index contributed by atoms with van der Waals surface area (Å²) in [5.41, 5.74) is 2.22. The first kappa shape index (κ1) is 22.5. The minimum atomic E-state index is -0.451. The molecule has 1 amide bonds. The van der Waals surface area contributed by atoms with Crippen LogP contribution in [0.3, 0.4) is 0 Å². The molecule has 9 heteroatoms. The number of amides is 1. The van der Waals surface area contributed by atoms with Gasteiger partial charge in [-0.05, 0) is 55.8 Å². The van der Waals surface area contributed by atoms with Gasteiger partial charge >= 0.3 is 0 Å². The predicted molar refractivity (Wildman–Crippen MR) is 124 cm³/mol. The number of hydrogen-bond acceptors (Lipinski definition) is 6. The molecule has 2 heterocycles. The monoisotopic (exact) mass is 449 g/mol. The van der Waals surface area contributed by atoms with Crippen LogP contribution in [0.4, 0.5) is 5.69 Å². The molecule has 0 spiro atoms. The molecule has 33 heavy (non-hydrogen) atoms. The van der Waals surface area contributed by atoms with Gasteiger partial charge in [0.15, 0.2) is 0 Å². The van der Waals surface area contributed by atoms with Gasteiger partial charge in [0.05, 0.1) is 35.5 Å². The lowest BCUT2D eigenvalue weighted by Crippen LogP contribution is -2.40. The summed E-state index contributed by atoms with van der Waals surface area (Å²) >= 11 is 0. The van der Waals surface area contributed by atoms with E-state index in [9.17, 15) is 14.9 Å². The Labute approximate surface area is 192 Å². The van der Waals surface area contributed by atoms with Crippen molar-refractivity contribution in [3.05, 3.63) is 82.2 Å². The van der Waals surface area contributed by atoms with Gasteiger partial charge in [0.1, 0.15) is 5.75 Å². The van der Waals surface area contributed by atoms with E-state index in [2.05, 4.69) is 27.4 Å². The number of nitrogens with one attached hydrogen (secondary N) is 1. The fourth-order valence-electron chi connectivity index (χ4n) is 4.11. The first-order valence-corrected chi connectivity index (χ1v) is 11.0. The van der Waals surface area contributed by atoms with Crippen molar-refractivity contribution >= 4 is 11.6 Å². The normalized spacial score (nSPS) is 15.1. The van der Waals surface area contributed by atoms with Gasteiger partial charge in [0.25, 0.3) is 11.6 Å². The molecule has 1 saturated heterocycles. The standard InChI is InChI=1S/C24H27N5O4/c1-33-22-11-5-18(6-12-22)23(27-13-3-2-4-14-27)16-25-24(30)19-15-26-28(17-19)20-7-9-21(10-8-20)29(31)32/h5-12,15,17,23H,2-4,13-14,16H2,1H3,(H,25,30). The van der Waals surface area contributed by atoms with Crippen LogP contribution in [0.25, 0.3) is 5.69 Å². The van der Waals surface area contributed by atoms with Gasteiger partial charge in [-0.2, -0.15) is 5.10 Å². The molecule has 0 saturated carbocycles. The summed E-state index contributed by atoms with van der Waals surface area (Å²) in [6.07, 6.45) is 6.67. The van der Waals surface area contributed by atoms with E-state index in [-0.39, 0.29) is 17.6 Å². The molecule has 1 N–H and O–H groups in total. The highest BCUT2D eigenvalue weighted by Gasteiger charge is 2.23. The second kappa shape index (κ2) is 10.3. The number of rotatable bonds is 8. The van der Waals surface area contributed by atoms with E-state index >= 15 is 0 Å². The van der Waals surface area contributed by atoms with Gasteiger partial charge < -0.3 is 10.1 Å². The van der Waals surface area contributed by atoms with Crippen LogP contribution in [0.15, 0.2) is 60.9 Å². The lowest BCUT2D eigenvalue weighted by Gasteiger charge is -2.35. The zero-order chi connectivity index (χ0) is 23.2. The lowest BCUT2D eigenvalue weighted by atomic mass is 10.0. The lowest BCUT2D eigenvalue weighted by molar-refractivity contribution is -0.384. The Bertz CT molecular complexity index is 1090. The molecule has 1 fully saturated rings. The molecule has 0 radical (unpaired) electrons. The van der Waals surface area contributed by atoms with Crippen molar-refractivity contribution in [1.29, 1.82) is 0 Å². The van der Waals surface area contributed by atoms with E-state index < -0.39 is 4.92 Å². The van der Waals surface area contributed by atoms with Gasteiger partial charge in [0, 0.05) is 24.9 Å². The van der Waals surface area contributed by atoms with E-state index in [1.54, 1.807) is 25.4 Å². The van der Waals surface area contributed by atoms with Crippen molar-refractivity contribution in [2.24, 2.45) is 0 Å². The van der Waals surface area contributed by atoms with Crippen LogP contribution in [-0.4, -0.2) is 52.3 Å². The largest absolute Gasteiger partial charge is 0.497 e. The number of nitrogens with zero attached hydrogens (tertiary/aromatic N) is 4. The van der Waals surface area contributed by atoms with Crippen molar-refractivity contribution < 1.29 is 14.5 Å². The average Bonchev–Trinajstić information content (AvgIpc) is 3.36. The van der Waals surface area contributed by atoms with E-state index in [0.29, 0.717) is 17.8 Å². The van der Waals surface area contributed by atoms with Crippen LogP contribution in [-0.2, 0) is 0 Å². The van der Waals surface area contributed by atoms with Crippen molar-refractivity contribution in [1.82, 2.24) is 20.0 Å². The zero-order valence-corrected chi connectivity index (χ0v) is 18.5. The van der Waals surface area contributed by atoms with Crippen molar-refractivity contribution in [2.45, 2.75) is 25.3 Å². The number of carbonyl (C=O) groups excluding carboxylic acids is 1. The number of carbonyl (C=O) groups is 1. The summed E-state index contributed by atoms with van der Waals surface area (Å²) in [5, 5.41) is 18.1. The molecule has 0 aliphatic carbocycles. The Morgan fingerprint density at radius 3 is 2.45 bits per heavy atom. The third-order valence-corrected chi connectivity index (χ3v) is 5.96. The minimum absolute atomic E-state index is 0.00570. The summed E-state index contributed by atoms with van der Waals surface area (Å²) in [4.78, 5) is 25.7. The molecule has 172 valence electrons. The van der Waals surface area contributed by atoms with E-state index in [1.165, 1.54) is 29.4 Å². The van der Waals surface area contributed by atoms with Crippen LogP contribution < -0.4 is 10.1 Å². The topological polar surface area (TPSA) is 103 Å². The fourth-order valence-corrected chi connectivity index (χ4v) is 4.11. The van der Waals surface area contributed by atoms with E-state index in [1.807, 2.05) is 12.1 Å². The van der Waals surface area contributed by atoms with Crippen LogP contribution in [0, 0.1) is 10.1 Å². The van der Waals surface area contributed by atoms with Gasteiger partial charge in [-0.15, -0.1) is 0 Å². The summed E-state index contributed by atoms with van der Waals surface area (Å²) < 4.78 is 6.81. The Morgan fingerprint density at radius 2 is 1.82 bits per heavy atom. The number of piperidine rings is 1. The van der Waals surface area contributed by atoms with Crippen LogP contribution in [0.5, 0.6) is 5.75 Å². The highest BCUT2D eigenvalue weighted by Crippen LogP contribution is 2.26. The van der Waals surface area contributed by atoms with Gasteiger partial charge in [-0.1, -0.05) is 18.6 Å². The van der Waals surface area contributed by atoms with E-state index in [4.69, 9.17) is 4.74 Å². The summed E-state index contributed by atoms with van der Waals surface area (Å²) in [5.74, 6) is 0.595. The van der Waals surface area contributed by atoms with Crippen LogP contribution in [0.1, 0.15) is 41.2 Å². The van der Waals surface area contributed by atoms with Gasteiger partial charge in [0.2, 0.25) is 0 Å². The molecule has 1 unspecified atom stereocenters. The molecule has 3 aromatic rings. The van der Waals surface area contributed by atoms with Crippen molar-refractivity contribution in [3.63, 3.8) is 0 Å². The smallest absolute Gasteiger partial charge is 0.269 e. The minimum Gasteiger partial charge on any atom is -0.497 e. The second-order valence-corrected chi connectivity index (χ2v) is 8.04. The molecule has 1 aromatic heterocycles. The number of methoxy groups -OCH3 is 1. The fraction of sp³-hybridized carbons (Fsp3) is 0.333. The average molecular weight is 450 g/mol. The molecule has 9 nitrogen and oxygen atoms in total. The number of non-ortho nitro benzene ring substituents is 1. The molecule has 4 rings (SSSR count). The Balaban J connectivity index is 1.45. The van der Waals surface area contributed by atoms with Gasteiger partial charge in [-0.3, -0.25) is 19.8 Å². The number of nitro groups is 1. The van der Waals surface area contributed by atoms with Crippen LogP contribution >= 0.6 is 0 Å². The summed E-state index contributed by atoms with van der Waals surface area (Å²) in [6, 6.07) is 14.1. The molecule has 1 aliphatic rings. The van der Waals surface area contributed by atoms with Crippen molar-refractivity contribution in [3.8, 4) is 11.4 Å². The molecular formula is C24H27N5O4. The summed E-state index contributed by atoms with van der Waals surface area (Å²) in [7, 11) is 1.65. The first-order chi connectivity index (χ1) is 16.0. The zero-order valence-electron chi connectivity index (χ0n) is 18.5. The third-order valence-electron chi connectivity index (χ3n) is 5.96. The maximum atomic E-state index is 12.9. The van der Waals surface area contributed by atoms with Crippen molar-refractivity contribution in [2.75, 3.05) is 26.7 Å². The number of hydrogen-bond donors (Lipinski definition) is 1. The summed E-state index contributed by atoms with van der Waals surface area (Å²) in [6.45, 7) is 2.49. The Hall–Kier alpha value is -3.72. The molecule has 0 bridgehead atoms. The molecule has 1 aliphatic heterocycles. The molecule has 1 atom stereocenters. The predicted octanol–water partition coefficient (Wildman–Crippen LogP) is 3.75. The SMILES string of the molecule is COc1ccc(C(CNC(=O)c2cnn(-c3ccc([N+](=O)[O-])cc3)c2)N2CCCCC2)cc1. The van der Waals surface area contributed by atoms with Gasteiger partial charge in [-0.25, -0.2) is 4.68 Å². The van der Waals surface area contributed by atoms with E-state index in [0.717, 1.165) is 37.2 Å². The number of benzene rings is 2. The van der Waals surface area contributed by atoms with Crippen LogP contribution in [0.2, 0.25) is 0 Å². The maximum absolute atomic E-state index is 12.9. The Morgan fingerprint density at radius 1 is 1.12 bits per heavy atom. The number of aromatic nitrogens is 2. The second-order valence-electron chi connectivity index (χ2n) is 8.04. The Kier molecular flexibility index (Phi) is 6.99. The first-order valence-electron chi connectivity index (χ1n) is 11.0. The number of nitro benzene ring substituents is 1. The highest BCUT2D eigenvalue weighted by atomic mass is 16.6.